The molecule has 2 aromatic carbocycles. The summed E-state index contributed by atoms with van der Waals surface area (Å²) in [7, 11) is 0. The van der Waals surface area contributed by atoms with Crippen molar-refractivity contribution in [1.29, 1.82) is 0 Å². The minimum Gasteiger partial charge on any atom is -0.478 e. The standard InChI is InChI=1S/C26H26N6O2/c1-15-11-24(15)32-14-18(13-27-32)17-7-8-19-21(12-17)23(9-10-31-25(19)16(2)29-30-31)28-22-6-4-3-5-20(22)26(33)34/h3-8,12-15,23-24,28H,9-11H2,1-2H3,(H,33,34)/t15?,23?,24-/m0/s1. The largest absolute Gasteiger partial charge is 0.478 e. The Bertz CT molecular complexity index is 1400. The summed E-state index contributed by atoms with van der Waals surface area (Å²) in [5, 5.41) is 26.5. The van der Waals surface area contributed by atoms with E-state index in [1.807, 2.05) is 29.9 Å². The number of aromatic carboxylic acids is 1. The summed E-state index contributed by atoms with van der Waals surface area (Å²) in [4.78, 5) is 11.8. The number of aromatic nitrogens is 5. The van der Waals surface area contributed by atoms with Crippen LogP contribution in [0.2, 0.25) is 0 Å². The van der Waals surface area contributed by atoms with Crippen molar-refractivity contribution in [2.75, 3.05) is 5.32 Å². The molecule has 172 valence electrons. The van der Waals surface area contributed by atoms with Crippen molar-refractivity contribution < 1.29 is 9.90 Å². The zero-order chi connectivity index (χ0) is 23.4. The number of benzene rings is 2. The fraction of sp³-hybridized carbons (Fsp3) is 0.308. The molecule has 1 aliphatic carbocycles. The molecule has 4 aromatic rings. The third-order valence-corrected chi connectivity index (χ3v) is 7.04. The van der Waals surface area contributed by atoms with E-state index in [0.29, 0.717) is 24.2 Å². The molecule has 2 unspecified atom stereocenters. The Morgan fingerprint density at radius 2 is 2.00 bits per heavy atom. The highest BCUT2D eigenvalue weighted by molar-refractivity contribution is 5.94. The fourth-order valence-electron chi connectivity index (χ4n) is 5.02. The van der Waals surface area contributed by atoms with Gasteiger partial charge in [0.1, 0.15) is 0 Å². The highest BCUT2D eigenvalue weighted by Gasteiger charge is 2.35. The van der Waals surface area contributed by atoms with Crippen LogP contribution in [0.15, 0.2) is 54.9 Å². The maximum atomic E-state index is 11.8. The molecule has 2 aromatic heterocycles. The van der Waals surface area contributed by atoms with Gasteiger partial charge in [0.05, 0.1) is 35.2 Å². The summed E-state index contributed by atoms with van der Waals surface area (Å²) in [5.41, 5.74) is 7.12. The molecule has 6 rings (SSSR count). The van der Waals surface area contributed by atoms with Crippen LogP contribution < -0.4 is 5.32 Å². The quantitative estimate of drug-likeness (QED) is 0.443. The summed E-state index contributed by atoms with van der Waals surface area (Å²) in [6.07, 6.45) is 5.99. The predicted octanol–water partition coefficient (Wildman–Crippen LogP) is 4.95. The summed E-state index contributed by atoms with van der Waals surface area (Å²) < 4.78 is 4.03. The summed E-state index contributed by atoms with van der Waals surface area (Å²) >= 11 is 0. The number of hydrogen-bond donors (Lipinski definition) is 2. The van der Waals surface area contributed by atoms with Crippen molar-refractivity contribution in [3.63, 3.8) is 0 Å². The number of nitrogens with one attached hydrogen (secondary N) is 1. The van der Waals surface area contributed by atoms with Crippen molar-refractivity contribution in [3.05, 3.63) is 71.7 Å². The van der Waals surface area contributed by atoms with Crippen molar-refractivity contribution in [3.8, 4) is 22.4 Å². The van der Waals surface area contributed by atoms with Gasteiger partial charge in [-0.1, -0.05) is 36.4 Å². The van der Waals surface area contributed by atoms with Crippen LogP contribution in [0.4, 0.5) is 5.69 Å². The van der Waals surface area contributed by atoms with Gasteiger partial charge >= 0.3 is 5.97 Å². The van der Waals surface area contributed by atoms with Gasteiger partial charge in [-0.15, -0.1) is 5.10 Å². The molecule has 8 nitrogen and oxygen atoms in total. The number of para-hydroxylation sites is 1. The number of carboxylic acids is 1. The second-order valence-electron chi connectivity index (χ2n) is 9.37. The maximum Gasteiger partial charge on any atom is 0.337 e. The van der Waals surface area contributed by atoms with Gasteiger partial charge in [-0.3, -0.25) is 4.68 Å². The second-order valence-corrected chi connectivity index (χ2v) is 9.37. The second kappa shape index (κ2) is 7.83. The van der Waals surface area contributed by atoms with Crippen molar-refractivity contribution in [2.45, 2.75) is 45.3 Å². The van der Waals surface area contributed by atoms with Gasteiger partial charge in [0.2, 0.25) is 0 Å². The van der Waals surface area contributed by atoms with E-state index in [2.05, 4.69) is 56.7 Å². The topological polar surface area (TPSA) is 97.9 Å². The number of aryl methyl sites for hydroxylation is 2. The van der Waals surface area contributed by atoms with Crippen LogP contribution in [-0.4, -0.2) is 35.9 Å². The molecule has 3 heterocycles. The molecule has 1 aliphatic heterocycles. The summed E-state index contributed by atoms with van der Waals surface area (Å²) in [5.74, 6) is -0.265. The van der Waals surface area contributed by atoms with Gasteiger partial charge in [0, 0.05) is 29.6 Å². The van der Waals surface area contributed by atoms with Crippen molar-refractivity contribution >= 4 is 11.7 Å². The van der Waals surface area contributed by atoms with Crippen LogP contribution in [0, 0.1) is 12.8 Å². The molecule has 0 spiro atoms. The molecule has 34 heavy (non-hydrogen) atoms. The molecule has 0 saturated heterocycles. The predicted molar refractivity (Wildman–Crippen MR) is 129 cm³/mol. The third kappa shape index (κ3) is 3.46. The lowest BCUT2D eigenvalue weighted by atomic mass is 9.92. The Kier molecular flexibility index (Phi) is 4.76. The monoisotopic (exact) mass is 454 g/mol. The Morgan fingerprint density at radius 1 is 1.18 bits per heavy atom. The van der Waals surface area contributed by atoms with E-state index < -0.39 is 5.97 Å². The van der Waals surface area contributed by atoms with E-state index in [4.69, 9.17) is 0 Å². The molecule has 2 aliphatic rings. The first-order valence-corrected chi connectivity index (χ1v) is 11.7. The smallest absolute Gasteiger partial charge is 0.337 e. The number of carboxylic acid groups (broad SMARTS) is 1. The lowest BCUT2D eigenvalue weighted by molar-refractivity contribution is 0.0698. The zero-order valence-corrected chi connectivity index (χ0v) is 19.1. The van der Waals surface area contributed by atoms with E-state index in [9.17, 15) is 9.90 Å². The van der Waals surface area contributed by atoms with E-state index in [0.717, 1.165) is 40.1 Å². The normalized spacial score (nSPS) is 20.8. The minimum absolute atomic E-state index is 0.0879. The molecule has 0 radical (unpaired) electrons. The number of anilines is 1. The zero-order valence-electron chi connectivity index (χ0n) is 19.1. The molecule has 0 amide bonds. The van der Waals surface area contributed by atoms with Gasteiger partial charge in [-0.25, -0.2) is 9.48 Å². The number of rotatable bonds is 5. The van der Waals surface area contributed by atoms with Gasteiger partial charge in [-0.2, -0.15) is 5.10 Å². The van der Waals surface area contributed by atoms with Gasteiger partial charge in [0.15, 0.2) is 0 Å². The number of hydrogen-bond acceptors (Lipinski definition) is 5. The number of nitrogens with zero attached hydrogens (tertiary/aromatic N) is 5. The molecular weight excluding hydrogens is 428 g/mol. The molecule has 3 atom stereocenters. The Hall–Kier alpha value is -3.94. The molecule has 1 saturated carbocycles. The van der Waals surface area contributed by atoms with E-state index in [1.54, 1.807) is 12.1 Å². The van der Waals surface area contributed by atoms with Gasteiger partial charge in [-0.05, 0) is 55.0 Å². The molecule has 1 fully saturated rings. The van der Waals surface area contributed by atoms with Crippen molar-refractivity contribution in [1.82, 2.24) is 24.8 Å². The molecule has 8 heteroatoms. The maximum absolute atomic E-state index is 11.8. The molecular formula is C26H26N6O2. The Morgan fingerprint density at radius 3 is 2.79 bits per heavy atom. The van der Waals surface area contributed by atoms with Crippen LogP contribution in [0.25, 0.3) is 22.4 Å². The Labute approximate surface area is 197 Å². The fourth-order valence-corrected chi connectivity index (χ4v) is 5.02. The highest BCUT2D eigenvalue weighted by atomic mass is 16.4. The summed E-state index contributed by atoms with van der Waals surface area (Å²) in [6.45, 7) is 4.91. The lowest BCUT2D eigenvalue weighted by Crippen LogP contribution is -2.15. The first kappa shape index (κ1) is 20.7. The number of fused-ring (bicyclic) bond motifs is 3. The summed E-state index contributed by atoms with van der Waals surface area (Å²) in [6, 6.07) is 13.9. The highest BCUT2D eigenvalue weighted by Crippen LogP contribution is 2.43. The van der Waals surface area contributed by atoms with Crippen LogP contribution in [-0.2, 0) is 6.54 Å². The first-order valence-electron chi connectivity index (χ1n) is 11.7. The van der Waals surface area contributed by atoms with Crippen LogP contribution >= 0.6 is 0 Å². The van der Waals surface area contributed by atoms with Crippen LogP contribution in [0.5, 0.6) is 0 Å². The van der Waals surface area contributed by atoms with Gasteiger partial charge in [0.25, 0.3) is 0 Å². The SMILES string of the molecule is Cc1nnn2c1-c1ccc(-c3cnn([C@H]4CC4C)c3)cc1C(Nc1ccccc1C(=O)O)CC2. The number of carbonyl (C=O) groups is 1. The van der Waals surface area contributed by atoms with E-state index in [-0.39, 0.29) is 11.6 Å². The average molecular weight is 455 g/mol. The van der Waals surface area contributed by atoms with Crippen molar-refractivity contribution in [2.24, 2.45) is 5.92 Å². The van der Waals surface area contributed by atoms with E-state index in [1.165, 1.54) is 6.42 Å². The van der Waals surface area contributed by atoms with Crippen LogP contribution in [0.1, 0.15) is 53.5 Å². The minimum atomic E-state index is -0.944. The average Bonchev–Trinajstić information content (AvgIpc) is 3.24. The lowest BCUT2D eigenvalue weighted by Gasteiger charge is -2.22. The van der Waals surface area contributed by atoms with Crippen LogP contribution in [0.3, 0.4) is 0 Å². The first-order chi connectivity index (χ1) is 16.5. The molecule has 0 bridgehead atoms. The third-order valence-electron chi connectivity index (χ3n) is 7.04. The molecule has 2 N–H and O–H groups in total. The van der Waals surface area contributed by atoms with Gasteiger partial charge < -0.3 is 10.4 Å². The Balaban J connectivity index is 1.44. The van der Waals surface area contributed by atoms with E-state index >= 15 is 0 Å².